The Morgan fingerprint density at radius 2 is 2.08 bits per heavy atom. The number of nitrogens with two attached hydrogens (primary N) is 1. The van der Waals surface area contributed by atoms with Crippen molar-refractivity contribution in [2.45, 2.75) is 6.54 Å². The first-order valence-corrected chi connectivity index (χ1v) is 8.15. The van der Waals surface area contributed by atoms with Gasteiger partial charge in [-0.05, 0) is 36.2 Å². The number of nitrogens with zero attached hydrogens (tertiary/aromatic N) is 1. The van der Waals surface area contributed by atoms with Gasteiger partial charge in [0.15, 0.2) is 11.5 Å². The van der Waals surface area contributed by atoms with Crippen LogP contribution in [-0.2, 0) is 11.3 Å². The minimum atomic E-state index is -0.555. The van der Waals surface area contributed by atoms with Crippen LogP contribution in [0.25, 0.3) is 0 Å². The van der Waals surface area contributed by atoms with Crippen molar-refractivity contribution in [3.05, 3.63) is 40.8 Å². The molecule has 0 radical (unpaired) electrons. The third-order valence-corrected chi connectivity index (χ3v) is 4.32. The molecule has 0 saturated carbocycles. The number of rotatable bonds is 6. The molecule has 0 aliphatic carbocycles. The number of amides is 2. The largest absolute Gasteiger partial charge is 0.454 e. The molecule has 0 unspecified atom stereocenters. The molecule has 3 N–H and O–H groups in total. The summed E-state index contributed by atoms with van der Waals surface area (Å²) in [6.07, 6.45) is 0. The molecule has 0 bridgehead atoms. The summed E-state index contributed by atoms with van der Waals surface area (Å²) in [4.78, 5) is 25.3. The van der Waals surface area contributed by atoms with E-state index in [2.05, 4.69) is 5.32 Å². The summed E-state index contributed by atoms with van der Waals surface area (Å²) in [6, 6.07) is 7.29. The highest BCUT2D eigenvalue weighted by atomic mass is 32.1. The number of hydrogen-bond donors (Lipinski definition) is 2. The molecule has 0 saturated heterocycles. The molecule has 1 aromatic carbocycles. The number of likely N-dealkylation sites (N-methyl/N-ethyl adjacent to an activating group) is 1. The third kappa shape index (κ3) is 3.66. The van der Waals surface area contributed by atoms with Crippen LogP contribution < -0.4 is 20.5 Å². The fourth-order valence-corrected chi connectivity index (χ4v) is 3.23. The molecule has 0 fully saturated rings. The minimum absolute atomic E-state index is 0.185. The average molecular weight is 347 g/mol. The van der Waals surface area contributed by atoms with Gasteiger partial charge in [0, 0.05) is 6.54 Å². The maximum atomic E-state index is 12.1. The fourth-order valence-electron chi connectivity index (χ4n) is 2.42. The van der Waals surface area contributed by atoms with Crippen LogP contribution >= 0.6 is 11.3 Å². The lowest BCUT2D eigenvalue weighted by Crippen LogP contribution is -2.30. The van der Waals surface area contributed by atoms with Gasteiger partial charge in [0.25, 0.3) is 5.91 Å². The number of carbonyl (C=O) groups excluding carboxylic acids is 2. The lowest BCUT2D eigenvalue weighted by Gasteiger charge is -2.16. The molecule has 0 spiro atoms. The normalized spacial score (nSPS) is 12.4. The van der Waals surface area contributed by atoms with E-state index in [9.17, 15) is 9.59 Å². The number of anilines is 1. The van der Waals surface area contributed by atoms with Crippen molar-refractivity contribution >= 4 is 28.2 Å². The van der Waals surface area contributed by atoms with E-state index < -0.39 is 5.91 Å². The van der Waals surface area contributed by atoms with Gasteiger partial charge in [0.05, 0.1) is 12.1 Å². The molecule has 0 atom stereocenters. The van der Waals surface area contributed by atoms with Crippen LogP contribution in [-0.4, -0.2) is 37.1 Å². The number of thiophene rings is 1. The topological polar surface area (TPSA) is 93.9 Å². The quantitative estimate of drug-likeness (QED) is 0.829. The molecule has 1 aliphatic heterocycles. The van der Waals surface area contributed by atoms with E-state index in [1.165, 1.54) is 11.3 Å². The Labute approximate surface area is 143 Å². The first kappa shape index (κ1) is 16.3. The molecule has 3 rings (SSSR count). The Balaban J connectivity index is 1.56. The van der Waals surface area contributed by atoms with Gasteiger partial charge < -0.3 is 20.5 Å². The number of primary amides is 1. The summed E-state index contributed by atoms with van der Waals surface area (Å²) < 4.78 is 10.6. The van der Waals surface area contributed by atoms with Crippen LogP contribution in [0.1, 0.15) is 15.9 Å². The van der Waals surface area contributed by atoms with E-state index in [0.29, 0.717) is 17.1 Å². The summed E-state index contributed by atoms with van der Waals surface area (Å²) in [5, 5.41) is 4.91. The van der Waals surface area contributed by atoms with Crippen molar-refractivity contribution in [3.63, 3.8) is 0 Å². The van der Waals surface area contributed by atoms with Crippen LogP contribution in [0.5, 0.6) is 11.5 Å². The van der Waals surface area contributed by atoms with E-state index in [4.69, 9.17) is 15.2 Å². The van der Waals surface area contributed by atoms with Crippen molar-refractivity contribution < 1.29 is 19.1 Å². The van der Waals surface area contributed by atoms with Crippen molar-refractivity contribution in [1.82, 2.24) is 4.90 Å². The van der Waals surface area contributed by atoms with Gasteiger partial charge in [0.2, 0.25) is 12.7 Å². The van der Waals surface area contributed by atoms with Crippen molar-refractivity contribution in [1.29, 1.82) is 0 Å². The molecule has 8 heteroatoms. The van der Waals surface area contributed by atoms with E-state index in [1.54, 1.807) is 11.4 Å². The summed E-state index contributed by atoms with van der Waals surface area (Å²) in [5.41, 5.74) is 6.61. The Hall–Kier alpha value is -2.58. The lowest BCUT2D eigenvalue weighted by atomic mass is 10.2. The molecule has 24 heavy (non-hydrogen) atoms. The number of carbonyl (C=O) groups is 2. The average Bonchev–Trinajstić information content (AvgIpc) is 3.14. The van der Waals surface area contributed by atoms with E-state index in [1.807, 2.05) is 30.1 Å². The van der Waals surface area contributed by atoms with Crippen molar-refractivity contribution in [2.75, 3.05) is 25.7 Å². The van der Waals surface area contributed by atoms with Crippen LogP contribution in [0.4, 0.5) is 5.00 Å². The monoisotopic (exact) mass is 347 g/mol. The van der Waals surface area contributed by atoms with Crippen molar-refractivity contribution in [3.8, 4) is 11.5 Å². The summed E-state index contributed by atoms with van der Waals surface area (Å²) in [6.45, 7) is 1.00. The maximum absolute atomic E-state index is 12.1. The highest BCUT2D eigenvalue weighted by molar-refractivity contribution is 7.14. The summed E-state index contributed by atoms with van der Waals surface area (Å²) >= 11 is 1.27. The van der Waals surface area contributed by atoms with Gasteiger partial charge in [-0.2, -0.15) is 0 Å². The zero-order valence-corrected chi connectivity index (χ0v) is 13.9. The number of ether oxygens (including phenoxy) is 2. The van der Waals surface area contributed by atoms with Crippen LogP contribution in [0.15, 0.2) is 29.6 Å². The highest BCUT2D eigenvalue weighted by Gasteiger charge is 2.16. The predicted molar refractivity (Wildman–Crippen MR) is 90.4 cm³/mol. The van der Waals surface area contributed by atoms with Gasteiger partial charge >= 0.3 is 0 Å². The second-order valence-corrected chi connectivity index (χ2v) is 6.35. The molecule has 2 heterocycles. The van der Waals surface area contributed by atoms with Gasteiger partial charge in [-0.3, -0.25) is 14.5 Å². The second kappa shape index (κ2) is 6.90. The molecule has 1 aliphatic rings. The van der Waals surface area contributed by atoms with Gasteiger partial charge in [0.1, 0.15) is 5.00 Å². The summed E-state index contributed by atoms with van der Waals surface area (Å²) in [5.74, 6) is 0.689. The second-order valence-electron chi connectivity index (χ2n) is 5.44. The van der Waals surface area contributed by atoms with Crippen LogP contribution in [0.3, 0.4) is 0 Å². The van der Waals surface area contributed by atoms with Crippen LogP contribution in [0.2, 0.25) is 0 Å². The Bertz CT molecular complexity index is 774. The smallest absolute Gasteiger partial charge is 0.251 e. The van der Waals surface area contributed by atoms with E-state index in [0.717, 1.165) is 17.1 Å². The first-order valence-electron chi connectivity index (χ1n) is 7.27. The molecule has 2 amide bonds. The highest BCUT2D eigenvalue weighted by Crippen LogP contribution is 2.32. The van der Waals surface area contributed by atoms with Crippen molar-refractivity contribution in [2.24, 2.45) is 5.73 Å². The van der Waals surface area contributed by atoms with E-state index >= 15 is 0 Å². The maximum Gasteiger partial charge on any atom is 0.251 e. The number of nitrogens with one attached hydrogen (secondary N) is 1. The molecule has 1 aromatic heterocycles. The number of benzene rings is 1. The van der Waals surface area contributed by atoms with Gasteiger partial charge in [-0.15, -0.1) is 11.3 Å². The van der Waals surface area contributed by atoms with E-state index in [-0.39, 0.29) is 19.2 Å². The summed E-state index contributed by atoms with van der Waals surface area (Å²) in [7, 11) is 1.84. The van der Waals surface area contributed by atoms with Crippen LogP contribution in [0, 0.1) is 0 Å². The zero-order chi connectivity index (χ0) is 17.1. The molecular weight excluding hydrogens is 330 g/mol. The predicted octanol–water partition coefficient (Wildman–Crippen LogP) is 1.65. The Morgan fingerprint density at radius 3 is 2.88 bits per heavy atom. The third-order valence-electron chi connectivity index (χ3n) is 3.49. The Kier molecular flexibility index (Phi) is 4.68. The van der Waals surface area contributed by atoms with Gasteiger partial charge in [-0.25, -0.2) is 0 Å². The Morgan fingerprint density at radius 1 is 1.29 bits per heavy atom. The molecule has 7 nitrogen and oxygen atoms in total. The number of hydrogen-bond acceptors (Lipinski definition) is 6. The SMILES string of the molecule is CN(CC(=O)Nc1sccc1C(N)=O)Cc1ccc2c(c1)OCO2. The fraction of sp³-hybridized carbons (Fsp3) is 0.250. The first-order chi connectivity index (χ1) is 11.5. The van der Waals surface area contributed by atoms with Gasteiger partial charge in [-0.1, -0.05) is 6.07 Å². The number of fused-ring (bicyclic) bond motifs is 1. The lowest BCUT2D eigenvalue weighted by molar-refractivity contribution is -0.117. The molecular formula is C16H17N3O4S. The molecule has 126 valence electrons. The minimum Gasteiger partial charge on any atom is -0.454 e. The molecule has 2 aromatic rings. The zero-order valence-electron chi connectivity index (χ0n) is 13.1. The standard InChI is InChI=1S/C16H17N3O4S/c1-19(7-10-2-3-12-13(6-10)23-9-22-12)8-14(20)18-16-11(15(17)21)4-5-24-16/h2-6H,7-9H2,1H3,(H2,17,21)(H,18,20).